The third-order valence-electron chi connectivity index (χ3n) is 3.80. The molecular weight excluding hydrogens is 282 g/mol. The average Bonchev–Trinajstić information content (AvgIpc) is 2.83. The van der Waals surface area contributed by atoms with Crippen LogP contribution in [0.15, 0.2) is 96.1 Å². The molecule has 0 bridgehead atoms. The fourth-order valence-corrected chi connectivity index (χ4v) is 2.66. The zero-order valence-electron chi connectivity index (χ0n) is 12.5. The summed E-state index contributed by atoms with van der Waals surface area (Å²) in [6.45, 7) is 0. The molecule has 0 radical (unpaired) electrons. The minimum atomic E-state index is 0.615. The third-order valence-corrected chi connectivity index (χ3v) is 3.80. The van der Waals surface area contributed by atoms with Gasteiger partial charge in [0.2, 0.25) is 5.90 Å². The Balaban J connectivity index is 1.88. The van der Waals surface area contributed by atoms with Crippen molar-refractivity contribution in [3.63, 3.8) is 0 Å². The first-order valence-electron chi connectivity index (χ1n) is 7.58. The van der Waals surface area contributed by atoms with Crippen molar-refractivity contribution < 1.29 is 4.74 Å². The van der Waals surface area contributed by atoms with Crippen molar-refractivity contribution in [3.05, 3.63) is 108 Å². The molecule has 1 heterocycles. The topological polar surface area (TPSA) is 21.6 Å². The number of fused-ring (bicyclic) bond motifs is 1. The summed E-state index contributed by atoms with van der Waals surface area (Å²) >= 11 is 0. The number of nitrogens with zero attached hydrogens (tertiary/aromatic N) is 1. The number of benzene rings is 3. The summed E-state index contributed by atoms with van der Waals surface area (Å²) in [6, 6.07) is 28.3. The van der Waals surface area contributed by atoms with E-state index in [1.54, 1.807) is 0 Å². The van der Waals surface area contributed by atoms with Gasteiger partial charge in [-0.05, 0) is 23.8 Å². The molecule has 0 N–H and O–H groups in total. The highest BCUT2D eigenvalue weighted by Gasteiger charge is 2.16. The quantitative estimate of drug-likeness (QED) is 0.658. The lowest BCUT2D eigenvalue weighted by molar-refractivity contribution is 0.552. The number of aliphatic imine (C=N–C) groups is 1. The summed E-state index contributed by atoms with van der Waals surface area (Å²) in [6.07, 6.45) is 1.89. The minimum absolute atomic E-state index is 0.615. The molecule has 3 aromatic rings. The molecule has 0 saturated carbocycles. The van der Waals surface area contributed by atoms with Crippen LogP contribution in [0.25, 0.3) is 5.57 Å². The van der Waals surface area contributed by atoms with Gasteiger partial charge in [0.25, 0.3) is 0 Å². The van der Waals surface area contributed by atoms with E-state index in [2.05, 4.69) is 23.2 Å². The number of hydrogen-bond donors (Lipinski definition) is 0. The molecule has 0 amide bonds. The summed E-state index contributed by atoms with van der Waals surface area (Å²) < 4.78 is 6.09. The lowest BCUT2D eigenvalue weighted by Crippen LogP contribution is -2.09. The van der Waals surface area contributed by atoms with Crippen molar-refractivity contribution in [2.24, 2.45) is 4.99 Å². The van der Waals surface area contributed by atoms with Crippen molar-refractivity contribution in [2.45, 2.75) is 0 Å². The first kappa shape index (κ1) is 13.5. The molecule has 23 heavy (non-hydrogen) atoms. The van der Waals surface area contributed by atoms with Crippen LogP contribution < -0.4 is 4.74 Å². The SMILES string of the molecule is C1=C(c2ccccc2)c2ccccc2OC(c2ccccc2)=N1. The lowest BCUT2D eigenvalue weighted by Gasteiger charge is -2.11. The van der Waals surface area contributed by atoms with Crippen molar-refractivity contribution in [3.8, 4) is 5.75 Å². The Kier molecular flexibility index (Phi) is 3.49. The molecule has 0 atom stereocenters. The van der Waals surface area contributed by atoms with Gasteiger partial charge in [0.1, 0.15) is 5.75 Å². The van der Waals surface area contributed by atoms with Gasteiger partial charge < -0.3 is 4.74 Å². The number of ether oxygens (including phenoxy) is 1. The maximum atomic E-state index is 6.09. The van der Waals surface area contributed by atoms with E-state index in [0.717, 1.165) is 28.0 Å². The first-order valence-corrected chi connectivity index (χ1v) is 7.58. The molecule has 0 fully saturated rings. The maximum Gasteiger partial charge on any atom is 0.226 e. The van der Waals surface area contributed by atoms with Crippen LogP contribution in [0.3, 0.4) is 0 Å². The Labute approximate surface area is 135 Å². The second-order valence-corrected chi connectivity index (χ2v) is 5.31. The monoisotopic (exact) mass is 297 g/mol. The molecule has 110 valence electrons. The summed E-state index contributed by atoms with van der Waals surface area (Å²) in [4.78, 5) is 4.60. The van der Waals surface area contributed by atoms with Gasteiger partial charge in [-0.2, -0.15) is 0 Å². The molecule has 4 rings (SSSR count). The molecule has 1 aliphatic heterocycles. The van der Waals surface area contributed by atoms with Crippen molar-refractivity contribution in [1.29, 1.82) is 0 Å². The van der Waals surface area contributed by atoms with E-state index in [4.69, 9.17) is 4.74 Å². The van der Waals surface area contributed by atoms with Crippen molar-refractivity contribution >= 4 is 11.5 Å². The summed E-state index contributed by atoms with van der Waals surface area (Å²) in [7, 11) is 0. The van der Waals surface area contributed by atoms with Crippen LogP contribution in [0, 0.1) is 0 Å². The first-order chi connectivity index (χ1) is 11.4. The average molecular weight is 297 g/mol. The highest BCUT2D eigenvalue weighted by Crippen LogP contribution is 2.33. The molecule has 0 unspecified atom stereocenters. The van der Waals surface area contributed by atoms with E-state index < -0.39 is 0 Å². The van der Waals surface area contributed by atoms with Crippen molar-refractivity contribution in [1.82, 2.24) is 0 Å². The Morgan fingerprint density at radius 3 is 1.96 bits per heavy atom. The Morgan fingerprint density at radius 2 is 1.22 bits per heavy atom. The highest BCUT2D eigenvalue weighted by atomic mass is 16.5. The molecule has 0 aliphatic carbocycles. The van der Waals surface area contributed by atoms with Gasteiger partial charge in [-0.15, -0.1) is 0 Å². The number of rotatable bonds is 2. The van der Waals surface area contributed by atoms with Gasteiger partial charge in [0.05, 0.1) is 0 Å². The molecule has 0 saturated heterocycles. The van der Waals surface area contributed by atoms with Gasteiger partial charge in [-0.25, -0.2) is 4.99 Å². The van der Waals surface area contributed by atoms with Crippen molar-refractivity contribution in [2.75, 3.05) is 0 Å². The standard InChI is InChI=1S/C21H15NO/c1-3-9-16(10-4-1)19-15-22-21(17-11-5-2-6-12-17)23-20-14-8-7-13-18(19)20/h1-15H. The molecular formula is C21H15NO. The van der Waals surface area contributed by atoms with E-state index >= 15 is 0 Å². The van der Waals surface area contributed by atoms with Gasteiger partial charge in [-0.3, -0.25) is 0 Å². The summed E-state index contributed by atoms with van der Waals surface area (Å²) in [5.41, 5.74) is 4.20. The lowest BCUT2D eigenvalue weighted by atomic mass is 9.98. The van der Waals surface area contributed by atoms with Gasteiger partial charge >= 0.3 is 0 Å². The Morgan fingerprint density at radius 1 is 0.609 bits per heavy atom. The maximum absolute atomic E-state index is 6.09. The van der Waals surface area contributed by atoms with Crippen LogP contribution in [0.1, 0.15) is 16.7 Å². The second-order valence-electron chi connectivity index (χ2n) is 5.31. The molecule has 1 aliphatic rings. The zero-order valence-corrected chi connectivity index (χ0v) is 12.5. The van der Waals surface area contributed by atoms with Crippen LogP contribution in [-0.4, -0.2) is 5.90 Å². The van der Waals surface area contributed by atoms with E-state index in [9.17, 15) is 0 Å². The van der Waals surface area contributed by atoms with Gasteiger partial charge in [0, 0.05) is 22.9 Å². The minimum Gasteiger partial charge on any atom is -0.438 e. The fourth-order valence-electron chi connectivity index (χ4n) is 2.66. The molecule has 2 nitrogen and oxygen atoms in total. The number of hydrogen-bond acceptors (Lipinski definition) is 2. The predicted molar refractivity (Wildman–Crippen MR) is 93.6 cm³/mol. The molecule has 0 aromatic heterocycles. The fraction of sp³-hybridized carbons (Fsp3) is 0. The zero-order chi connectivity index (χ0) is 15.5. The Bertz CT molecular complexity index is 880. The van der Waals surface area contributed by atoms with Gasteiger partial charge in [-0.1, -0.05) is 66.7 Å². The smallest absolute Gasteiger partial charge is 0.226 e. The summed E-state index contributed by atoms with van der Waals surface area (Å²) in [5, 5.41) is 0. The normalized spacial score (nSPS) is 13.2. The van der Waals surface area contributed by atoms with E-state index in [1.165, 1.54) is 0 Å². The second kappa shape index (κ2) is 5.93. The van der Waals surface area contributed by atoms with Crippen LogP contribution in [-0.2, 0) is 0 Å². The third kappa shape index (κ3) is 2.67. The summed E-state index contributed by atoms with van der Waals surface area (Å²) in [5.74, 6) is 1.44. The molecule has 0 spiro atoms. The molecule has 2 heteroatoms. The van der Waals surface area contributed by atoms with Crippen LogP contribution in [0.2, 0.25) is 0 Å². The van der Waals surface area contributed by atoms with Crippen LogP contribution in [0.5, 0.6) is 5.75 Å². The highest BCUT2D eigenvalue weighted by molar-refractivity contribution is 5.99. The van der Waals surface area contributed by atoms with E-state index in [-0.39, 0.29) is 0 Å². The van der Waals surface area contributed by atoms with Crippen LogP contribution in [0.4, 0.5) is 0 Å². The van der Waals surface area contributed by atoms with E-state index in [0.29, 0.717) is 5.90 Å². The molecule has 3 aromatic carbocycles. The van der Waals surface area contributed by atoms with Gasteiger partial charge in [0.15, 0.2) is 0 Å². The van der Waals surface area contributed by atoms with E-state index in [1.807, 2.05) is 72.9 Å². The van der Waals surface area contributed by atoms with Crippen LogP contribution >= 0.6 is 0 Å². The Hall–Kier alpha value is -3.13. The predicted octanol–water partition coefficient (Wildman–Crippen LogP) is 4.92. The largest absolute Gasteiger partial charge is 0.438 e. The number of para-hydroxylation sites is 1.